The van der Waals surface area contributed by atoms with Crippen LogP contribution in [0.5, 0.6) is 0 Å². The molecule has 3 rings (SSSR count). The number of aromatic nitrogens is 1. The zero-order chi connectivity index (χ0) is 11.0. The number of hydrogen-bond donors (Lipinski definition) is 1. The van der Waals surface area contributed by atoms with Crippen molar-refractivity contribution in [2.75, 3.05) is 17.2 Å². The van der Waals surface area contributed by atoms with Crippen LogP contribution < -0.4 is 10.6 Å². The Bertz CT molecular complexity index is 522. The molecule has 0 spiro atoms. The fourth-order valence-corrected chi connectivity index (χ4v) is 2.23. The first-order valence-electron chi connectivity index (χ1n) is 5.42. The number of benzene rings is 1. The molecule has 0 aliphatic carbocycles. The summed E-state index contributed by atoms with van der Waals surface area (Å²) in [4.78, 5) is 6.37. The predicted octanol–water partition coefficient (Wildman–Crippen LogP) is 2.36. The second-order valence-corrected chi connectivity index (χ2v) is 3.94. The third-order valence-electron chi connectivity index (χ3n) is 2.99. The van der Waals surface area contributed by atoms with Gasteiger partial charge in [0.05, 0.1) is 5.69 Å². The van der Waals surface area contributed by atoms with Gasteiger partial charge in [-0.3, -0.25) is 0 Å². The van der Waals surface area contributed by atoms with E-state index in [1.165, 1.54) is 11.3 Å². The second kappa shape index (κ2) is 3.52. The van der Waals surface area contributed by atoms with E-state index in [4.69, 9.17) is 5.73 Å². The monoisotopic (exact) mass is 211 g/mol. The van der Waals surface area contributed by atoms with Crippen molar-refractivity contribution in [3.8, 4) is 0 Å². The molecule has 0 saturated heterocycles. The minimum atomic E-state index is 0.596. The predicted molar refractivity (Wildman–Crippen MR) is 65.8 cm³/mol. The van der Waals surface area contributed by atoms with Gasteiger partial charge in [0, 0.05) is 18.4 Å². The van der Waals surface area contributed by atoms with Crippen molar-refractivity contribution >= 4 is 17.2 Å². The van der Waals surface area contributed by atoms with Crippen LogP contribution in [0, 0.1) is 0 Å². The molecule has 1 aliphatic heterocycles. The van der Waals surface area contributed by atoms with E-state index >= 15 is 0 Å². The molecular formula is C13H13N3. The molecule has 1 aromatic carbocycles. The van der Waals surface area contributed by atoms with Gasteiger partial charge in [0.2, 0.25) is 0 Å². The second-order valence-electron chi connectivity index (χ2n) is 3.94. The van der Waals surface area contributed by atoms with Crippen LogP contribution in [0.1, 0.15) is 5.56 Å². The molecule has 16 heavy (non-hydrogen) atoms. The van der Waals surface area contributed by atoms with Crippen molar-refractivity contribution in [2.24, 2.45) is 0 Å². The molecule has 0 saturated carbocycles. The van der Waals surface area contributed by atoms with Crippen molar-refractivity contribution in [2.45, 2.75) is 6.42 Å². The van der Waals surface area contributed by atoms with Crippen LogP contribution in [0.2, 0.25) is 0 Å². The number of nitrogen functional groups attached to an aromatic ring is 1. The van der Waals surface area contributed by atoms with E-state index < -0.39 is 0 Å². The van der Waals surface area contributed by atoms with Gasteiger partial charge >= 0.3 is 0 Å². The lowest BCUT2D eigenvalue weighted by molar-refractivity contribution is 0.995. The maximum absolute atomic E-state index is 5.90. The molecule has 0 atom stereocenters. The summed E-state index contributed by atoms with van der Waals surface area (Å²) in [6, 6.07) is 12.4. The van der Waals surface area contributed by atoms with Gasteiger partial charge in [-0.25, -0.2) is 4.98 Å². The van der Waals surface area contributed by atoms with Gasteiger partial charge in [-0.1, -0.05) is 18.2 Å². The normalized spacial score (nSPS) is 13.9. The van der Waals surface area contributed by atoms with Crippen LogP contribution in [0.3, 0.4) is 0 Å². The average molecular weight is 211 g/mol. The average Bonchev–Trinajstić information content (AvgIpc) is 2.74. The van der Waals surface area contributed by atoms with Crippen LogP contribution in [0.15, 0.2) is 42.6 Å². The van der Waals surface area contributed by atoms with Gasteiger partial charge in [0.15, 0.2) is 0 Å². The van der Waals surface area contributed by atoms with Crippen LogP contribution in [0.25, 0.3) is 0 Å². The minimum Gasteiger partial charge on any atom is -0.382 e. The summed E-state index contributed by atoms with van der Waals surface area (Å²) in [6.45, 7) is 0.981. The number of hydrogen-bond acceptors (Lipinski definition) is 3. The third kappa shape index (κ3) is 1.33. The van der Waals surface area contributed by atoms with Crippen molar-refractivity contribution in [3.05, 3.63) is 48.2 Å². The number of fused-ring (bicyclic) bond motifs is 1. The Morgan fingerprint density at radius 3 is 2.75 bits per heavy atom. The molecule has 1 aromatic heterocycles. The quantitative estimate of drug-likeness (QED) is 0.787. The molecule has 80 valence electrons. The Morgan fingerprint density at radius 1 is 1.06 bits per heavy atom. The van der Waals surface area contributed by atoms with Crippen LogP contribution >= 0.6 is 0 Å². The summed E-state index contributed by atoms with van der Waals surface area (Å²) in [5.41, 5.74) is 9.54. The zero-order valence-corrected chi connectivity index (χ0v) is 8.93. The fourth-order valence-electron chi connectivity index (χ4n) is 2.23. The molecule has 3 nitrogen and oxygen atoms in total. The number of anilines is 3. The van der Waals surface area contributed by atoms with Crippen molar-refractivity contribution < 1.29 is 0 Å². The topological polar surface area (TPSA) is 42.1 Å². The molecule has 0 fully saturated rings. The minimum absolute atomic E-state index is 0.596. The molecule has 2 heterocycles. The van der Waals surface area contributed by atoms with Gasteiger partial charge in [-0.15, -0.1) is 0 Å². The van der Waals surface area contributed by atoms with E-state index in [-0.39, 0.29) is 0 Å². The highest BCUT2D eigenvalue weighted by Gasteiger charge is 2.21. The van der Waals surface area contributed by atoms with E-state index in [0.29, 0.717) is 5.82 Å². The maximum Gasteiger partial charge on any atom is 0.147 e. The van der Waals surface area contributed by atoms with Gasteiger partial charge in [-0.2, -0.15) is 0 Å². The fraction of sp³-hybridized carbons (Fsp3) is 0.154. The van der Waals surface area contributed by atoms with Crippen LogP contribution in [-0.2, 0) is 6.42 Å². The lowest BCUT2D eigenvalue weighted by Gasteiger charge is -2.20. The molecule has 2 aromatic rings. The lowest BCUT2D eigenvalue weighted by atomic mass is 10.2. The molecule has 0 unspecified atom stereocenters. The Labute approximate surface area is 94.5 Å². The Morgan fingerprint density at radius 2 is 1.88 bits per heavy atom. The Balaban J connectivity index is 2.08. The third-order valence-corrected chi connectivity index (χ3v) is 2.99. The molecule has 0 radical (unpaired) electrons. The van der Waals surface area contributed by atoms with E-state index in [0.717, 1.165) is 18.7 Å². The standard InChI is InChI=1S/C13H13N3/c14-13-12(6-3-8-15-13)16-9-7-10-4-1-2-5-11(10)16/h1-6,8H,7,9H2,(H2,14,15). The highest BCUT2D eigenvalue weighted by Crippen LogP contribution is 2.35. The SMILES string of the molecule is Nc1ncccc1N1CCc2ccccc21. The number of nitrogens with zero attached hydrogens (tertiary/aromatic N) is 2. The summed E-state index contributed by atoms with van der Waals surface area (Å²) < 4.78 is 0. The highest BCUT2D eigenvalue weighted by molar-refractivity contribution is 5.76. The van der Waals surface area contributed by atoms with Crippen molar-refractivity contribution in [3.63, 3.8) is 0 Å². The first kappa shape index (κ1) is 9.21. The molecule has 2 N–H and O–H groups in total. The van der Waals surface area contributed by atoms with E-state index in [9.17, 15) is 0 Å². The molecule has 0 bridgehead atoms. The van der Waals surface area contributed by atoms with Crippen molar-refractivity contribution in [1.82, 2.24) is 4.98 Å². The number of pyridine rings is 1. The maximum atomic E-state index is 5.90. The summed E-state index contributed by atoms with van der Waals surface area (Å²) in [6.07, 6.45) is 2.80. The molecule has 0 amide bonds. The highest BCUT2D eigenvalue weighted by atomic mass is 15.2. The van der Waals surface area contributed by atoms with Crippen LogP contribution in [-0.4, -0.2) is 11.5 Å². The number of rotatable bonds is 1. The smallest absolute Gasteiger partial charge is 0.147 e. The molecule has 1 aliphatic rings. The lowest BCUT2D eigenvalue weighted by Crippen LogP contribution is -2.15. The Hall–Kier alpha value is -2.03. The van der Waals surface area contributed by atoms with Gasteiger partial charge in [0.25, 0.3) is 0 Å². The van der Waals surface area contributed by atoms with Crippen molar-refractivity contribution in [1.29, 1.82) is 0 Å². The zero-order valence-electron chi connectivity index (χ0n) is 8.93. The summed E-state index contributed by atoms with van der Waals surface area (Å²) in [7, 11) is 0. The first-order chi connectivity index (χ1) is 7.86. The summed E-state index contributed by atoms with van der Waals surface area (Å²) >= 11 is 0. The molecular weight excluding hydrogens is 198 g/mol. The van der Waals surface area contributed by atoms with Gasteiger partial charge < -0.3 is 10.6 Å². The van der Waals surface area contributed by atoms with E-state index in [2.05, 4.69) is 34.1 Å². The summed E-state index contributed by atoms with van der Waals surface area (Å²) in [5, 5.41) is 0. The van der Waals surface area contributed by atoms with E-state index in [1.54, 1.807) is 6.20 Å². The van der Waals surface area contributed by atoms with E-state index in [1.807, 2.05) is 12.1 Å². The largest absolute Gasteiger partial charge is 0.382 e. The summed E-state index contributed by atoms with van der Waals surface area (Å²) in [5.74, 6) is 0.596. The van der Waals surface area contributed by atoms with Crippen LogP contribution in [0.4, 0.5) is 17.2 Å². The Kier molecular flexibility index (Phi) is 2.03. The van der Waals surface area contributed by atoms with Gasteiger partial charge in [-0.05, 0) is 30.2 Å². The van der Waals surface area contributed by atoms with Gasteiger partial charge in [0.1, 0.15) is 5.82 Å². The number of para-hydroxylation sites is 1. The first-order valence-corrected chi connectivity index (χ1v) is 5.42. The molecule has 3 heteroatoms. The number of nitrogens with two attached hydrogens (primary N) is 1.